The van der Waals surface area contributed by atoms with E-state index in [1.807, 2.05) is 6.92 Å². The number of allylic oxidation sites excluding steroid dienone is 3. The Morgan fingerprint density at radius 3 is 1.64 bits per heavy atom. The monoisotopic (exact) mass is 1240 g/mol. The van der Waals surface area contributed by atoms with Crippen molar-refractivity contribution >= 4 is 5.78 Å². The zero-order chi connectivity index (χ0) is 9.84. The molecule has 2 nitrogen and oxygen atoms in total. The number of aliphatic hydroxyl groups excluding tert-OH is 1. The predicted octanol–water partition coefficient (Wildman–Crippen LogP) is 1.44. The summed E-state index contributed by atoms with van der Waals surface area (Å²) in [5.41, 5.74) is 0.805. The molecule has 108 valence electrons. The van der Waals surface area contributed by atoms with E-state index in [1.165, 1.54) is 6.08 Å². The summed E-state index contributed by atoms with van der Waals surface area (Å²) in [5, 5.41) is 9.57. The Bertz CT molecular complexity index is 276. The molecule has 0 bridgehead atoms. The molecule has 1 aliphatic rings. The first-order valence-electron chi connectivity index (χ1n) is 4.46. The van der Waals surface area contributed by atoms with Crippen LogP contribution in [0.3, 0.4) is 0 Å². The Labute approximate surface area is 456 Å². The van der Waals surface area contributed by atoms with Crippen molar-refractivity contribution in [3.63, 3.8) is 0 Å². The van der Waals surface area contributed by atoms with Gasteiger partial charge >= 0.3 is 0 Å². The molecule has 0 spiro atoms. The average Bonchev–Trinajstić information content (AvgIpc) is 2.41. The zero-order valence-corrected chi connectivity index (χ0v) is 48.8. The van der Waals surface area contributed by atoms with Crippen molar-refractivity contribution in [2.75, 3.05) is 0 Å². The molecule has 0 aromatic rings. The maximum absolute atomic E-state index is 11.3. The van der Waals surface area contributed by atoms with Crippen molar-refractivity contribution in [1.82, 2.24) is 0 Å². The molecule has 1 rings (SSSR count). The van der Waals surface area contributed by atoms with Gasteiger partial charge < -0.3 is 16.0 Å². The van der Waals surface area contributed by atoms with E-state index in [-0.39, 0.29) is 404 Å². The fraction of sp³-hybridized carbons (Fsp3) is 0.455. The van der Waals surface area contributed by atoms with E-state index >= 15 is 0 Å². The van der Waals surface area contributed by atoms with Gasteiger partial charge in [0.15, 0.2) is 0 Å². The molecule has 2 unspecified atom stereocenters. The molecular weight excluding hydrogens is 1230 g/mol. The largest absolute Gasteiger partial charge is 0.498 e. The number of aliphatic hydroxyl groups is 1. The summed E-state index contributed by atoms with van der Waals surface area (Å²) in [7, 11) is 0. The molecule has 12 radical (unpaired) electrons. The topological polar surface area (TPSA) is 37.3 Å². The second kappa shape index (κ2) is 52.6. The first-order valence-corrected chi connectivity index (χ1v) is 4.46. The normalized spacial score (nSPS) is 13.1. The summed E-state index contributed by atoms with van der Waals surface area (Å²) >= 11 is 0. The Hall–Kier alpha value is 12.2. The molecule has 0 aromatic carbocycles. The fourth-order valence-electron chi connectivity index (χ4n) is 1.39. The van der Waals surface area contributed by atoms with Gasteiger partial charge in [0.25, 0.3) is 0 Å². The Kier molecular flexibility index (Phi) is 162. The minimum absolute atomic E-state index is 0. The van der Waals surface area contributed by atoms with E-state index in [0.29, 0.717) is 6.42 Å². The van der Waals surface area contributed by atoms with E-state index in [1.54, 1.807) is 6.08 Å². The summed E-state index contributed by atoms with van der Waals surface area (Å²) in [6.07, 6.45) is 6.58. The van der Waals surface area contributed by atoms with Gasteiger partial charge in [0.2, 0.25) is 0 Å². The van der Waals surface area contributed by atoms with Gasteiger partial charge in [0.1, 0.15) is 0 Å². The molecule has 0 amide bonds. The number of ketones is 1. The summed E-state index contributed by atoms with van der Waals surface area (Å²) in [4.78, 5) is 11.3. The van der Waals surface area contributed by atoms with Crippen molar-refractivity contribution in [2.45, 2.75) is 25.9 Å². The Morgan fingerprint density at radius 2 is 1.40 bits per heavy atom. The van der Waals surface area contributed by atoms with Crippen LogP contribution in [0.2, 0.25) is 0 Å². The van der Waals surface area contributed by atoms with Gasteiger partial charge in [-0.05, 0) is 6.42 Å². The summed E-state index contributed by atoms with van der Waals surface area (Å²) in [6.45, 7) is 5.63. The van der Waals surface area contributed by atoms with E-state index in [9.17, 15) is 9.90 Å². The van der Waals surface area contributed by atoms with Crippen LogP contribution in [-0.2, 0) is 397 Å². The van der Waals surface area contributed by atoms with Crippen LogP contribution in [-0.4, -0.2) is 17.0 Å². The van der Waals surface area contributed by atoms with E-state index in [4.69, 9.17) is 0 Å². The molecule has 0 saturated carbocycles. The standard InChI is InChI=1S/C11H14O2.12Y/c1-3-4-5-10(12)9-6-8(2)7-11(9)13;;;;;;;;;;;;/h5,7,9-10,12H,2-3,6H2,1H3;;;;;;;;;;;;/q-2;;;;;;;;;;;;. The van der Waals surface area contributed by atoms with E-state index in [2.05, 4.69) is 13.0 Å². The van der Waals surface area contributed by atoms with Gasteiger partial charge in [0.05, 0.1) is 5.78 Å². The quantitative estimate of drug-likeness (QED) is 0.436. The van der Waals surface area contributed by atoms with Gasteiger partial charge in [0, 0.05) is 405 Å². The second-order valence-corrected chi connectivity index (χ2v) is 3.23. The van der Waals surface area contributed by atoms with Crippen LogP contribution < -0.4 is 0 Å². The molecule has 0 heterocycles. The summed E-state index contributed by atoms with van der Waals surface area (Å²) < 4.78 is 0. The molecule has 1 aliphatic carbocycles. The van der Waals surface area contributed by atoms with E-state index < -0.39 is 6.10 Å². The summed E-state index contributed by atoms with van der Waals surface area (Å²) in [6, 6.07) is 0. The van der Waals surface area contributed by atoms with Crippen molar-refractivity contribution in [3.8, 4) is 0 Å². The van der Waals surface area contributed by atoms with Crippen molar-refractivity contribution in [2.24, 2.45) is 5.92 Å². The van der Waals surface area contributed by atoms with Crippen LogP contribution in [0.5, 0.6) is 0 Å². The predicted molar refractivity (Wildman–Crippen MR) is 50.7 cm³/mol. The molecule has 0 aromatic heterocycles. The van der Waals surface area contributed by atoms with Gasteiger partial charge in [-0.1, -0.05) is 6.92 Å². The number of hydrogen-bond acceptors (Lipinski definition) is 2. The molecule has 0 saturated heterocycles. The van der Waals surface area contributed by atoms with Crippen LogP contribution in [0, 0.1) is 18.9 Å². The van der Waals surface area contributed by atoms with Crippen molar-refractivity contribution < 1.29 is 402 Å². The summed E-state index contributed by atoms with van der Waals surface area (Å²) in [5.74, 6) is -0.349. The molecule has 25 heavy (non-hydrogen) atoms. The molecular formula is C11H14O2Y12-2. The van der Waals surface area contributed by atoms with Gasteiger partial charge in [-0.2, -0.15) is 12.5 Å². The zero-order valence-electron chi connectivity index (χ0n) is 14.7. The average molecular weight is 1250 g/mol. The maximum Gasteiger partial charge on any atom is 0.0827 e. The Balaban J connectivity index is -0.0000000141. The smallest absolute Gasteiger partial charge is 0.0827 e. The van der Waals surface area contributed by atoms with Crippen LogP contribution in [0.4, 0.5) is 0 Å². The van der Waals surface area contributed by atoms with Crippen LogP contribution in [0.1, 0.15) is 19.8 Å². The van der Waals surface area contributed by atoms with Crippen LogP contribution in [0.25, 0.3) is 0 Å². The Morgan fingerprint density at radius 1 is 1.04 bits per heavy atom. The molecule has 14 heteroatoms. The first-order chi connectivity index (χ1) is 6.15. The third kappa shape index (κ3) is 40.9. The van der Waals surface area contributed by atoms with Crippen LogP contribution >= 0.6 is 0 Å². The SMILES string of the molecule is [CH2-]C1=CC(=O)C(C(O)C=[C-]CC)C1.[Y].[Y].[Y].[Y].[Y].[Y].[Y].[Y].[Y].[Y].[Y].[Y]. The number of carbonyl (C=O) groups excluding carboxylic acids is 1. The van der Waals surface area contributed by atoms with Gasteiger partial charge in [-0.25, -0.2) is 18.6 Å². The van der Waals surface area contributed by atoms with E-state index in [0.717, 1.165) is 12.0 Å². The first kappa shape index (κ1) is 76.8. The number of carbonyl (C=O) groups is 1. The van der Waals surface area contributed by atoms with Crippen LogP contribution in [0.15, 0.2) is 17.7 Å². The number of hydrogen-bond donors (Lipinski definition) is 1. The van der Waals surface area contributed by atoms with Gasteiger partial charge in [-0.3, -0.25) is 0 Å². The minimum atomic E-state index is -0.706. The fourth-order valence-corrected chi connectivity index (χ4v) is 1.39. The van der Waals surface area contributed by atoms with Crippen molar-refractivity contribution in [3.05, 3.63) is 30.7 Å². The third-order valence-electron chi connectivity index (χ3n) is 2.10. The van der Waals surface area contributed by atoms with Crippen molar-refractivity contribution in [1.29, 1.82) is 0 Å². The molecule has 0 aliphatic heterocycles. The number of rotatable bonds is 3. The molecule has 0 fully saturated rings. The second-order valence-electron chi connectivity index (χ2n) is 3.23. The minimum Gasteiger partial charge on any atom is -0.498 e. The molecule has 2 atom stereocenters. The third-order valence-corrected chi connectivity index (χ3v) is 2.10. The molecule has 1 N–H and O–H groups in total. The van der Waals surface area contributed by atoms with Gasteiger partial charge in [-0.15, -0.1) is 0 Å². The maximum atomic E-state index is 11.3.